The van der Waals surface area contributed by atoms with Crippen molar-refractivity contribution >= 4 is 17.6 Å². The Kier molecular flexibility index (Phi) is 4.70. The Labute approximate surface area is 105 Å². The molecule has 1 aromatic heterocycles. The maximum absolute atomic E-state index is 11.7. The Hall–Kier alpha value is -2.05. The van der Waals surface area contributed by atoms with E-state index in [-0.39, 0.29) is 24.7 Å². The third-order valence-electron chi connectivity index (χ3n) is 2.45. The van der Waals surface area contributed by atoms with Crippen molar-refractivity contribution < 1.29 is 19.1 Å². The van der Waals surface area contributed by atoms with Gasteiger partial charge in [-0.25, -0.2) is 4.79 Å². The average Bonchev–Trinajstić information content (AvgIpc) is 2.58. The second kappa shape index (κ2) is 6.04. The number of methoxy groups -OCH3 is 1. The maximum Gasteiger partial charge on any atom is 0.358 e. The minimum Gasteiger partial charge on any atom is -0.469 e. The number of esters is 2. The van der Waals surface area contributed by atoms with Gasteiger partial charge in [0.1, 0.15) is 0 Å². The molecule has 100 valence electrons. The van der Waals surface area contributed by atoms with E-state index in [9.17, 15) is 9.59 Å². The summed E-state index contributed by atoms with van der Waals surface area (Å²) in [6, 6.07) is 0. The molecular weight excluding hydrogens is 238 g/mol. The van der Waals surface area contributed by atoms with Gasteiger partial charge in [-0.3, -0.25) is 9.48 Å². The van der Waals surface area contributed by atoms with Crippen molar-refractivity contribution in [3.8, 4) is 0 Å². The second-order valence-electron chi connectivity index (χ2n) is 3.79. The van der Waals surface area contributed by atoms with Crippen molar-refractivity contribution in [2.75, 3.05) is 19.5 Å². The lowest BCUT2D eigenvalue weighted by atomic mass is 10.3. The average molecular weight is 255 g/mol. The lowest BCUT2D eigenvalue weighted by molar-refractivity contribution is -0.140. The topological polar surface area (TPSA) is 96.4 Å². The zero-order chi connectivity index (χ0) is 13.7. The van der Waals surface area contributed by atoms with Gasteiger partial charge in [0.15, 0.2) is 5.69 Å². The first-order chi connectivity index (χ1) is 8.47. The molecular formula is C11H17N3O4. The lowest BCUT2D eigenvalue weighted by Crippen LogP contribution is -2.14. The van der Waals surface area contributed by atoms with Crippen LogP contribution in [0, 0.1) is 6.92 Å². The molecule has 7 nitrogen and oxygen atoms in total. The van der Waals surface area contributed by atoms with Gasteiger partial charge in [-0.1, -0.05) is 0 Å². The number of nitrogens with zero attached hydrogens (tertiary/aromatic N) is 2. The van der Waals surface area contributed by atoms with Gasteiger partial charge in [-0.15, -0.1) is 0 Å². The smallest absolute Gasteiger partial charge is 0.358 e. The molecule has 1 heterocycles. The van der Waals surface area contributed by atoms with Crippen LogP contribution >= 0.6 is 0 Å². The zero-order valence-electron chi connectivity index (χ0n) is 10.7. The number of aryl methyl sites for hydroxylation is 2. The highest BCUT2D eigenvalue weighted by Gasteiger charge is 2.19. The lowest BCUT2D eigenvalue weighted by Gasteiger charge is -2.05. The zero-order valence-corrected chi connectivity index (χ0v) is 10.7. The summed E-state index contributed by atoms with van der Waals surface area (Å²) in [5, 5.41) is 4.02. The number of nitrogen functional groups attached to an aromatic ring is 1. The van der Waals surface area contributed by atoms with Gasteiger partial charge in [0.25, 0.3) is 0 Å². The van der Waals surface area contributed by atoms with Gasteiger partial charge in [-0.05, 0) is 13.3 Å². The number of rotatable bonds is 5. The highest BCUT2D eigenvalue weighted by molar-refractivity contribution is 5.93. The second-order valence-corrected chi connectivity index (χ2v) is 3.79. The van der Waals surface area contributed by atoms with Crippen molar-refractivity contribution in [2.45, 2.75) is 19.8 Å². The molecule has 7 heteroatoms. The Balaban J connectivity index is 2.48. The fourth-order valence-corrected chi connectivity index (χ4v) is 1.47. The van der Waals surface area contributed by atoms with Gasteiger partial charge in [0.05, 0.1) is 25.1 Å². The molecule has 0 amide bonds. The molecule has 0 saturated carbocycles. The number of hydrogen-bond acceptors (Lipinski definition) is 6. The molecule has 0 aromatic carbocycles. The summed E-state index contributed by atoms with van der Waals surface area (Å²) < 4.78 is 10.9. The van der Waals surface area contributed by atoms with E-state index in [0.29, 0.717) is 17.8 Å². The van der Waals surface area contributed by atoms with Crippen LogP contribution in [0.25, 0.3) is 0 Å². The largest absolute Gasteiger partial charge is 0.469 e. The van der Waals surface area contributed by atoms with Gasteiger partial charge in [0, 0.05) is 13.5 Å². The van der Waals surface area contributed by atoms with Crippen molar-refractivity contribution in [3.05, 3.63) is 11.4 Å². The predicted octanol–water partition coefficient (Wildman–Crippen LogP) is 0.421. The maximum atomic E-state index is 11.7. The molecule has 0 saturated heterocycles. The number of aromatic nitrogens is 2. The molecule has 0 radical (unpaired) electrons. The standard InChI is InChI=1S/C11H17N3O4/c1-7-9(12)10(14(2)13-7)11(16)18-6-4-5-8(15)17-3/h4-6,12H2,1-3H3. The quantitative estimate of drug-likeness (QED) is 0.605. The molecule has 0 aliphatic carbocycles. The Bertz CT molecular complexity index is 453. The molecule has 1 aromatic rings. The van der Waals surface area contributed by atoms with Crippen LogP contribution in [0.1, 0.15) is 29.0 Å². The molecule has 0 bridgehead atoms. The minimum atomic E-state index is -0.541. The Morgan fingerprint density at radius 1 is 1.44 bits per heavy atom. The summed E-state index contributed by atoms with van der Waals surface area (Å²) in [5.41, 5.74) is 6.85. The third kappa shape index (κ3) is 3.22. The normalized spacial score (nSPS) is 10.2. The van der Waals surface area contributed by atoms with Crippen LogP contribution in [-0.2, 0) is 21.3 Å². The third-order valence-corrected chi connectivity index (χ3v) is 2.45. The van der Waals surface area contributed by atoms with Crippen LogP contribution < -0.4 is 5.73 Å². The molecule has 0 aliphatic rings. The SMILES string of the molecule is COC(=O)CCCOC(=O)c1c(N)c(C)nn1C. The number of anilines is 1. The fourth-order valence-electron chi connectivity index (χ4n) is 1.47. The minimum absolute atomic E-state index is 0.137. The van der Waals surface area contributed by atoms with Crippen LogP contribution in [0.5, 0.6) is 0 Å². The highest BCUT2D eigenvalue weighted by Crippen LogP contribution is 2.16. The van der Waals surface area contributed by atoms with Gasteiger partial charge in [-0.2, -0.15) is 5.10 Å². The van der Waals surface area contributed by atoms with E-state index in [0.717, 1.165) is 0 Å². The van der Waals surface area contributed by atoms with Crippen LogP contribution in [0.4, 0.5) is 5.69 Å². The number of nitrogens with two attached hydrogens (primary N) is 1. The van der Waals surface area contributed by atoms with E-state index in [1.807, 2.05) is 0 Å². The monoisotopic (exact) mass is 255 g/mol. The summed E-state index contributed by atoms with van der Waals surface area (Å²) in [6.07, 6.45) is 0.624. The summed E-state index contributed by atoms with van der Waals surface area (Å²) in [7, 11) is 2.93. The molecule has 0 aliphatic heterocycles. The summed E-state index contributed by atoms with van der Waals surface area (Å²) in [6.45, 7) is 1.85. The molecule has 1 rings (SSSR count). The van der Waals surface area contributed by atoms with E-state index in [1.165, 1.54) is 11.8 Å². The van der Waals surface area contributed by atoms with Crippen LogP contribution in [0.15, 0.2) is 0 Å². The summed E-state index contributed by atoms with van der Waals surface area (Å²) in [5.74, 6) is -0.873. The van der Waals surface area contributed by atoms with E-state index >= 15 is 0 Å². The van der Waals surface area contributed by atoms with E-state index in [4.69, 9.17) is 10.5 Å². The van der Waals surface area contributed by atoms with E-state index in [1.54, 1.807) is 14.0 Å². The molecule has 0 unspecified atom stereocenters. The molecule has 0 atom stereocenters. The Morgan fingerprint density at radius 3 is 2.61 bits per heavy atom. The number of carbonyl (C=O) groups excluding carboxylic acids is 2. The van der Waals surface area contributed by atoms with Crippen LogP contribution in [0.3, 0.4) is 0 Å². The van der Waals surface area contributed by atoms with E-state index < -0.39 is 5.97 Å². The van der Waals surface area contributed by atoms with Crippen molar-refractivity contribution in [2.24, 2.45) is 7.05 Å². The fraction of sp³-hybridized carbons (Fsp3) is 0.545. The van der Waals surface area contributed by atoms with Crippen molar-refractivity contribution in [1.29, 1.82) is 0 Å². The summed E-state index contributed by atoms with van der Waals surface area (Å²) >= 11 is 0. The predicted molar refractivity (Wildman–Crippen MR) is 63.9 cm³/mol. The van der Waals surface area contributed by atoms with E-state index in [2.05, 4.69) is 9.84 Å². The first-order valence-electron chi connectivity index (χ1n) is 5.50. The first kappa shape index (κ1) is 14.0. The molecule has 2 N–H and O–H groups in total. The molecule has 18 heavy (non-hydrogen) atoms. The number of ether oxygens (including phenoxy) is 2. The number of hydrogen-bond donors (Lipinski definition) is 1. The van der Waals surface area contributed by atoms with Crippen LogP contribution in [-0.4, -0.2) is 35.4 Å². The molecule has 0 spiro atoms. The van der Waals surface area contributed by atoms with Gasteiger partial charge < -0.3 is 15.2 Å². The van der Waals surface area contributed by atoms with Crippen LogP contribution in [0.2, 0.25) is 0 Å². The molecule has 0 fully saturated rings. The summed E-state index contributed by atoms with van der Waals surface area (Å²) in [4.78, 5) is 22.6. The number of carbonyl (C=O) groups is 2. The Morgan fingerprint density at radius 2 is 2.11 bits per heavy atom. The van der Waals surface area contributed by atoms with Crippen molar-refractivity contribution in [1.82, 2.24) is 9.78 Å². The van der Waals surface area contributed by atoms with Crippen molar-refractivity contribution in [3.63, 3.8) is 0 Å². The van der Waals surface area contributed by atoms with Gasteiger partial charge >= 0.3 is 11.9 Å². The first-order valence-corrected chi connectivity index (χ1v) is 5.50. The van der Waals surface area contributed by atoms with Gasteiger partial charge in [0.2, 0.25) is 0 Å². The highest BCUT2D eigenvalue weighted by atomic mass is 16.5.